The number of nitrogens with zero attached hydrogens (tertiary/aromatic N) is 3. The van der Waals surface area contributed by atoms with Gasteiger partial charge in [0.25, 0.3) is 5.88 Å². The molecule has 0 saturated carbocycles. The van der Waals surface area contributed by atoms with Crippen LogP contribution >= 0.6 is 0 Å². The zero-order valence-electron chi connectivity index (χ0n) is 26.3. The molecule has 0 spiro atoms. The van der Waals surface area contributed by atoms with Crippen LogP contribution in [0.4, 0.5) is 29.5 Å². The molecule has 4 aromatic rings. The first-order chi connectivity index (χ1) is 22.2. The first-order valence-electron chi connectivity index (χ1n) is 14.4. The van der Waals surface area contributed by atoms with Crippen molar-refractivity contribution in [2.75, 3.05) is 24.4 Å². The lowest BCUT2D eigenvalue weighted by Crippen LogP contribution is -2.39. The average molecular weight is 653 g/mol. The van der Waals surface area contributed by atoms with Crippen molar-refractivity contribution >= 4 is 23.5 Å². The highest BCUT2D eigenvalue weighted by molar-refractivity contribution is 5.99. The van der Waals surface area contributed by atoms with Gasteiger partial charge in [-0.15, -0.1) is 0 Å². The lowest BCUT2D eigenvalue weighted by molar-refractivity contribution is -0.317. The van der Waals surface area contributed by atoms with Crippen LogP contribution in [0.5, 0.6) is 17.4 Å². The topological polar surface area (TPSA) is 148 Å². The molecule has 0 aliphatic carbocycles. The van der Waals surface area contributed by atoms with E-state index >= 15 is 0 Å². The maximum absolute atomic E-state index is 13.8. The second kappa shape index (κ2) is 14.4. The molecule has 2 amide bonds. The fourth-order valence-corrected chi connectivity index (χ4v) is 4.45. The highest BCUT2D eigenvalue weighted by Gasteiger charge is 2.35. The summed E-state index contributed by atoms with van der Waals surface area (Å²) in [5, 5.41) is 16.2. The zero-order valence-corrected chi connectivity index (χ0v) is 26.3. The minimum absolute atomic E-state index is 0.0760. The molecule has 47 heavy (non-hydrogen) atoms. The Morgan fingerprint density at radius 2 is 1.68 bits per heavy atom. The number of pyridine rings is 1. The van der Waals surface area contributed by atoms with Crippen LogP contribution in [-0.2, 0) is 24.0 Å². The minimum Gasteiger partial charge on any atom is -0.550 e. The number of aromatic nitrogens is 3. The van der Waals surface area contributed by atoms with E-state index in [1.807, 2.05) is 31.2 Å². The lowest BCUT2D eigenvalue weighted by atomic mass is 9.84. The van der Waals surface area contributed by atoms with Gasteiger partial charge < -0.3 is 29.4 Å². The number of hydrogen-bond acceptors (Lipinski definition) is 9. The molecule has 2 aromatic carbocycles. The van der Waals surface area contributed by atoms with Gasteiger partial charge in [0.05, 0.1) is 36.9 Å². The molecule has 14 heteroatoms. The molecule has 0 saturated heterocycles. The standard InChI is InChI=1S/C33H34F3N5O6/c1-6-46-27-13-22(16-38-29(27)47-18-20-7-11-24(45-5)12-8-20)26-17-37-28(19(2)39-26)41-31(44)40-23-10-9-21(15-32(3,4)30(42)43)25(14-23)33(34,35)36/h7-14,16-17H,6,15,18H2,1-5H3,(H,42,43)(H2,37,40,41,44)/p-1. The molecule has 2 aromatic heterocycles. The normalized spacial score (nSPS) is 11.5. The molecule has 11 nitrogen and oxygen atoms in total. The number of aliphatic carboxylic acids is 1. The van der Waals surface area contributed by atoms with Gasteiger partial charge >= 0.3 is 12.2 Å². The lowest BCUT2D eigenvalue weighted by Gasteiger charge is -2.27. The van der Waals surface area contributed by atoms with E-state index in [-0.39, 0.29) is 29.6 Å². The average Bonchev–Trinajstić information content (AvgIpc) is 3.02. The number of urea groups is 1. The molecule has 0 aliphatic rings. The molecular weight excluding hydrogens is 619 g/mol. The number of nitrogens with one attached hydrogen (secondary N) is 2. The highest BCUT2D eigenvalue weighted by Crippen LogP contribution is 2.37. The monoisotopic (exact) mass is 652 g/mol. The van der Waals surface area contributed by atoms with Crippen molar-refractivity contribution in [3.05, 3.63) is 83.3 Å². The third-order valence-electron chi connectivity index (χ3n) is 6.99. The quantitative estimate of drug-likeness (QED) is 0.193. The Morgan fingerprint density at radius 3 is 2.30 bits per heavy atom. The summed E-state index contributed by atoms with van der Waals surface area (Å²) in [6.07, 6.45) is -2.26. The fourth-order valence-electron chi connectivity index (χ4n) is 4.45. The first kappa shape index (κ1) is 34.5. The smallest absolute Gasteiger partial charge is 0.416 e. The Balaban J connectivity index is 1.46. The highest BCUT2D eigenvalue weighted by atomic mass is 19.4. The number of benzene rings is 2. The number of carbonyl (C=O) groups is 2. The predicted octanol–water partition coefficient (Wildman–Crippen LogP) is 5.81. The molecule has 2 heterocycles. The van der Waals surface area contributed by atoms with E-state index in [9.17, 15) is 27.9 Å². The number of carbonyl (C=O) groups excluding carboxylic acids is 2. The predicted molar refractivity (Wildman–Crippen MR) is 165 cm³/mol. The molecular formula is C33H33F3N5O6-. The molecule has 0 fully saturated rings. The maximum Gasteiger partial charge on any atom is 0.416 e. The number of carboxylic acid groups (broad SMARTS) is 1. The van der Waals surface area contributed by atoms with E-state index in [1.54, 1.807) is 26.3 Å². The van der Waals surface area contributed by atoms with Gasteiger partial charge in [-0.3, -0.25) is 5.32 Å². The summed E-state index contributed by atoms with van der Waals surface area (Å²) in [4.78, 5) is 37.2. The van der Waals surface area contributed by atoms with Crippen LogP contribution in [0.2, 0.25) is 0 Å². The molecule has 0 bridgehead atoms. The second-order valence-corrected chi connectivity index (χ2v) is 11.1. The summed E-state index contributed by atoms with van der Waals surface area (Å²) in [5.74, 6) is 0.00876. The van der Waals surface area contributed by atoms with Crippen molar-refractivity contribution in [2.24, 2.45) is 5.41 Å². The van der Waals surface area contributed by atoms with Gasteiger partial charge in [0.1, 0.15) is 12.4 Å². The molecule has 248 valence electrons. The first-order valence-corrected chi connectivity index (χ1v) is 14.4. The number of ether oxygens (including phenoxy) is 3. The van der Waals surface area contributed by atoms with Crippen molar-refractivity contribution < 1.29 is 42.1 Å². The number of aryl methyl sites for hydroxylation is 1. The number of rotatable bonds is 12. The van der Waals surface area contributed by atoms with Crippen molar-refractivity contribution in [1.29, 1.82) is 0 Å². The van der Waals surface area contributed by atoms with Crippen molar-refractivity contribution in [3.8, 4) is 28.6 Å². The van der Waals surface area contributed by atoms with Crippen LogP contribution in [0.15, 0.2) is 60.9 Å². The van der Waals surface area contributed by atoms with E-state index in [4.69, 9.17) is 14.2 Å². The Hall–Kier alpha value is -5.40. The van der Waals surface area contributed by atoms with E-state index in [0.29, 0.717) is 29.3 Å². The van der Waals surface area contributed by atoms with E-state index in [1.165, 1.54) is 26.1 Å². The van der Waals surface area contributed by atoms with Gasteiger partial charge in [-0.2, -0.15) is 13.2 Å². The van der Waals surface area contributed by atoms with Gasteiger partial charge in [-0.05, 0) is 61.7 Å². The Labute approximate surface area is 269 Å². The number of alkyl halides is 3. The van der Waals surface area contributed by atoms with Crippen molar-refractivity contribution in [1.82, 2.24) is 15.0 Å². The maximum atomic E-state index is 13.8. The molecule has 0 aliphatic heterocycles. The summed E-state index contributed by atoms with van der Waals surface area (Å²) < 4.78 is 58.2. The summed E-state index contributed by atoms with van der Waals surface area (Å²) >= 11 is 0. The number of hydrogen-bond donors (Lipinski definition) is 2. The number of amides is 2. The second-order valence-electron chi connectivity index (χ2n) is 11.1. The Morgan fingerprint density at radius 1 is 0.957 bits per heavy atom. The Bertz CT molecular complexity index is 1750. The van der Waals surface area contributed by atoms with Crippen molar-refractivity contribution in [3.63, 3.8) is 0 Å². The summed E-state index contributed by atoms with van der Waals surface area (Å²) in [7, 11) is 1.59. The third-order valence-corrected chi connectivity index (χ3v) is 6.99. The van der Waals surface area contributed by atoms with Crippen LogP contribution < -0.4 is 30.0 Å². The summed E-state index contributed by atoms with van der Waals surface area (Å²) in [5.41, 5.74) is -0.781. The van der Waals surface area contributed by atoms with Gasteiger partial charge in [0, 0.05) is 28.8 Å². The number of anilines is 2. The molecule has 0 atom stereocenters. The third kappa shape index (κ3) is 8.87. The van der Waals surface area contributed by atoms with Gasteiger partial charge in [-0.1, -0.05) is 32.0 Å². The van der Waals surface area contributed by atoms with Crippen LogP contribution in [0.25, 0.3) is 11.3 Å². The fraction of sp³-hybridized carbons (Fsp3) is 0.303. The van der Waals surface area contributed by atoms with E-state index in [2.05, 4.69) is 25.6 Å². The number of methoxy groups -OCH3 is 1. The van der Waals surface area contributed by atoms with Crippen molar-refractivity contribution in [2.45, 2.75) is 46.9 Å². The SMILES string of the molecule is CCOc1cc(-c2cnc(NC(=O)Nc3ccc(CC(C)(C)C(=O)[O-])c(C(F)(F)F)c3)c(C)n2)cnc1OCc1ccc(OC)cc1. The van der Waals surface area contributed by atoms with Gasteiger partial charge in [0.2, 0.25) is 0 Å². The largest absolute Gasteiger partial charge is 0.550 e. The number of halogens is 3. The van der Waals surface area contributed by atoms with E-state index in [0.717, 1.165) is 23.4 Å². The molecule has 4 rings (SSSR count). The van der Waals surface area contributed by atoms with Gasteiger partial charge in [-0.25, -0.2) is 19.7 Å². The molecule has 0 radical (unpaired) electrons. The molecule has 2 N–H and O–H groups in total. The van der Waals surface area contributed by atoms with Crippen LogP contribution in [0.3, 0.4) is 0 Å². The molecule has 0 unspecified atom stereocenters. The number of carboxylic acids is 1. The van der Waals surface area contributed by atoms with Gasteiger partial charge in [0.15, 0.2) is 11.6 Å². The minimum atomic E-state index is -4.79. The zero-order chi connectivity index (χ0) is 34.4. The van der Waals surface area contributed by atoms with E-state index < -0.39 is 35.6 Å². The summed E-state index contributed by atoms with van der Waals surface area (Å²) in [6.45, 7) is 6.59. The Kier molecular flexibility index (Phi) is 10.5. The van der Waals surface area contributed by atoms with Crippen LogP contribution in [-0.4, -0.2) is 40.7 Å². The summed E-state index contributed by atoms with van der Waals surface area (Å²) in [6, 6.07) is 11.4. The van der Waals surface area contributed by atoms with Crippen LogP contribution in [0.1, 0.15) is 43.2 Å². The van der Waals surface area contributed by atoms with Crippen LogP contribution in [0, 0.1) is 12.3 Å².